The Bertz CT molecular complexity index is 1070. The summed E-state index contributed by atoms with van der Waals surface area (Å²) in [6, 6.07) is 9.99. The first kappa shape index (κ1) is 25.3. The van der Waals surface area contributed by atoms with Gasteiger partial charge in [0, 0.05) is 25.2 Å². The molecule has 32 heavy (non-hydrogen) atoms. The summed E-state index contributed by atoms with van der Waals surface area (Å²) in [4.78, 5) is 24.6. The zero-order chi connectivity index (χ0) is 23.9. The van der Waals surface area contributed by atoms with Gasteiger partial charge in [0.2, 0.25) is 10.0 Å². The Hall–Kier alpha value is -2.98. The molecule has 2 rings (SSSR count). The van der Waals surface area contributed by atoms with Crippen LogP contribution in [0.2, 0.25) is 0 Å². The number of benzene rings is 2. The Kier molecular flexibility index (Phi) is 8.73. The zero-order valence-corrected chi connectivity index (χ0v) is 19.2. The molecule has 0 saturated heterocycles. The van der Waals surface area contributed by atoms with Crippen LogP contribution in [0.3, 0.4) is 0 Å². The number of halogens is 1. The van der Waals surface area contributed by atoms with Crippen molar-refractivity contribution < 1.29 is 31.9 Å². The monoisotopic (exact) mass is 466 g/mol. The average molecular weight is 467 g/mol. The molecule has 0 saturated carbocycles. The largest absolute Gasteiger partial charge is 0.496 e. The minimum absolute atomic E-state index is 0.136. The van der Waals surface area contributed by atoms with E-state index in [1.165, 1.54) is 18.3 Å². The second-order valence-corrected chi connectivity index (χ2v) is 8.75. The number of para-hydroxylation sites is 1. The van der Waals surface area contributed by atoms with Crippen molar-refractivity contribution in [1.82, 2.24) is 9.62 Å². The molecule has 174 valence electrons. The van der Waals surface area contributed by atoms with E-state index in [1.807, 2.05) is 0 Å². The fourth-order valence-electron chi connectivity index (χ4n) is 2.99. The molecular weight excluding hydrogens is 439 g/mol. The molecule has 2 aromatic carbocycles. The van der Waals surface area contributed by atoms with E-state index in [0.717, 1.165) is 23.8 Å². The van der Waals surface area contributed by atoms with E-state index in [-0.39, 0.29) is 24.5 Å². The molecule has 0 aliphatic carbocycles. The molecule has 0 aliphatic heterocycles. The van der Waals surface area contributed by atoms with Crippen LogP contribution in [0.15, 0.2) is 47.4 Å². The van der Waals surface area contributed by atoms with Gasteiger partial charge in [-0.05, 0) is 31.2 Å². The number of methoxy groups -OCH3 is 1. The third-order valence-electron chi connectivity index (χ3n) is 4.80. The second kappa shape index (κ2) is 11.1. The van der Waals surface area contributed by atoms with Gasteiger partial charge in [-0.15, -0.1) is 0 Å². The van der Waals surface area contributed by atoms with Crippen LogP contribution in [0.5, 0.6) is 5.75 Å². The smallest absolute Gasteiger partial charge is 0.341 e. The first-order chi connectivity index (χ1) is 15.1. The van der Waals surface area contributed by atoms with E-state index in [2.05, 4.69) is 5.32 Å². The first-order valence-corrected chi connectivity index (χ1v) is 11.5. The van der Waals surface area contributed by atoms with Gasteiger partial charge in [-0.2, -0.15) is 4.31 Å². The van der Waals surface area contributed by atoms with Crippen LogP contribution in [-0.2, 0) is 26.1 Å². The van der Waals surface area contributed by atoms with Gasteiger partial charge >= 0.3 is 5.97 Å². The number of carbonyl (C=O) groups excluding carboxylic acids is 2. The summed E-state index contributed by atoms with van der Waals surface area (Å²) < 4.78 is 51.0. The number of nitrogens with zero attached hydrogens (tertiary/aromatic N) is 1. The number of hydrogen-bond acceptors (Lipinski definition) is 6. The van der Waals surface area contributed by atoms with Crippen molar-refractivity contribution in [3.05, 3.63) is 59.4 Å². The molecule has 0 aromatic heterocycles. The Morgan fingerprint density at radius 1 is 1.12 bits per heavy atom. The maximum Gasteiger partial charge on any atom is 0.341 e. The Labute approximate surface area is 187 Å². The molecule has 1 unspecified atom stereocenters. The number of hydrogen-bond donors (Lipinski definition) is 1. The summed E-state index contributed by atoms with van der Waals surface area (Å²) in [7, 11) is -2.39. The summed E-state index contributed by atoms with van der Waals surface area (Å²) in [5.74, 6) is -2.10. The highest BCUT2D eigenvalue weighted by Gasteiger charge is 2.26. The summed E-state index contributed by atoms with van der Waals surface area (Å²) >= 11 is 0. The average Bonchev–Trinajstić information content (AvgIpc) is 2.78. The van der Waals surface area contributed by atoms with Crippen molar-refractivity contribution in [3.63, 3.8) is 0 Å². The maximum atomic E-state index is 14.3. The van der Waals surface area contributed by atoms with Crippen molar-refractivity contribution in [1.29, 1.82) is 0 Å². The number of sulfonamides is 1. The third kappa shape index (κ3) is 5.83. The van der Waals surface area contributed by atoms with Gasteiger partial charge in [0.1, 0.15) is 11.6 Å². The molecule has 1 amide bonds. The van der Waals surface area contributed by atoms with Gasteiger partial charge < -0.3 is 14.8 Å². The minimum Gasteiger partial charge on any atom is -0.496 e. The van der Waals surface area contributed by atoms with Gasteiger partial charge in [0.05, 0.1) is 17.6 Å². The number of amides is 1. The summed E-state index contributed by atoms with van der Waals surface area (Å²) in [6.45, 7) is 5.26. The Morgan fingerprint density at radius 3 is 2.41 bits per heavy atom. The number of esters is 1. The third-order valence-corrected chi connectivity index (χ3v) is 6.85. The molecule has 2 aromatic rings. The molecule has 0 aliphatic rings. The lowest BCUT2D eigenvalue weighted by molar-refractivity contribution is -0.129. The lowest BCUT2D eigenvalue weighted by atomic mass is 10.2. The van der Waals surface area contributed by atoms with E-state index in [4.69, 9.17) is 9.47 Å². The van der Waals surface area contributed by atoms with E-state index in [0.29, 0.717) is 5.75 Å². The highest BCUT2D eigenvalue weighted by atomic mass is 32.2. The molecule has 0 radical (unpaired) electrons. The Morgan fingerprint density at radius 2 is 1.78 bits per heavy atom. The second-order valence-electron chi connectivity index (χ2n) is 6.81. The molecule has 1 atom stereocenters. The lowest BCUT2D eigenvalue weighted by Gasteiger charge is -2.19. The van der Waals surface area contributed by atoms with Gasteiger partial charge in [-0.25, -0.2) is 17.6 Å². The molecule has 8 nitrogen and oxygen atoms in total. The summed E-state index contributed by atoms with van der Waals surface area (Å²) in [5.41, 5.74) is 0.157. The number of carbonyl (C=O) groups is 2. The normalized spacial score (nSPS) is 12.3. The fourth-order valence-corrected chi connectivity index (χ4v) is 4.47. The van der Waals surface area contributed by atoms with Gasteiger partial charge in [0.25, 0.3) is 5.91 Å². The molecule has 0 spiro atoms. The van der Waals surface area contributed by atoms with Crippen molar-refractivity contribution in [2.45, 2.75) is 38.3 Å². The highest BCUT2D eigenvalue weighted by molar-refractivity contribution is 7.89. The SMILES string of the molecule is CCN(CC)S(=O)(=O)c1ccc(F)c(C(=O)OC(C)C(=O)NCc2ccccc2OC)c1. The van der Waals surface area contributed by atoms with Crippen LogP contribution in [-0.4, -0.2) is 50.9 Å². The minimum atomic E-state index is -3.90. The summed E-state index contributed by atoms with van der Waals surface area (Å²) in [5, 5.41) is 2.62. The zero-order valence-electron chi connectivity index (χ0n) is 18.4. The highest BCUT2D eigenvalue weighted by Crippen LogP contribution is 2.21. The lowest BCUT2D eigenvalue weighted by Crippen LogP contribution is -2.35. The maximum absolute atomic E-state index is 14.3. The van der Waals surface area contributed by atoms with E-state index < -0.39 is 39.4 Å². The number of nitrogens with one attached hydrogen (secondary N) is 1. The van der Waals surface area contributed by atoms with Crippen LogP contribution in [0, 0.1) is 5.82 Å². The van der Waals surface area contributed by atoms with Gasteiger partial charge in [-0.1, -0.05) is 32.0 Å². The molecule has 10 heteroatoms. The predicted molar refractivity (Wildman–Crippen MR) is 116 cm³/mol. The van der Waals surface area contributed by atoms with Crippen LogP contribution in [0.25, 0.3) is 0 Å². The van der Waals surface area contributed by atoms with E-state index in [1.54, 1.807) is 38.1 Å². The fraction of sp³-hybridized carbons (Fsp3) is 0.364. The topological polar surface area (TPSA) is 102 Å². The standard InChI is InChI=1S/C22H27FN2O6S/c1-5-25(6-2)32(28,29)17-11-12-19(23)18(13-17)22(27)31-15(3)21(26)24-14-16-9-7-8-10-20(16)30-4/h7-13,15H,5-6,14H2,1-4H3,(H,24,26). The summed E-state index contributed by atoms with van der Waals surface area (Å²) in [6.07, 6.45) is -1.24. The number of rotatable bonds is 10. The molecule has 1 N–H and O–H groups in total. The molecular formula is C22H27FN2O6S. The van der Waals surface area contributed by atoms with E-state index >= 15 is 0 Å². The van der Waals surface area contributed by atoms with Gasteiger partial charge in [-0.3, -0.25) is 4.79 Å². The van der Waals surface area contributed by atoms with Crippen LogP contribution >= 0.6 is 0 Å². The van der Waals surface area contributed by atoms with Crippen LogP contribution in [0.1, 0.15) is 36.7 Å². The van der Waals surface area contributed by atoms with Crippen LogP contribution in [0.4, 0.5) is 4.39 Å². The van der Waals surface area contributed by atoms with Crippen molar-refractivity contribution in [3.8, 4) is 5.75 Å². The Balaban J connectivity index is 2.12. The van der Waals surface area contributed by atoms with Crippen LogP contribution < -0.4 is 10.1 Å². The molecule has 0 heterocycles. The molecule has 0 fully saturated rings. The first-order valence-electron chi connectivity index (χ1n) is 10.1. The molecule has 0 bridgehead atoms. The quantitative estimate of drug-likeness (QED) is 0.540. The van der Waals surface area contributed by atoms with E-state index in [9.17, 15) is 22.4 Å². The van der Waals surface area contributed by atoms with Gasteiger partial charge in [0.15, 0.2) is 6.10 Å². The van der Waals surface area contributed by atoms with Crippen molar-refractivity contribution in [2.24, 2.45) is 0 Å². The number of ether oxygens (including phenoxy) is 2. The predicted octanol–water partition coefficient (Wildman–Crippen LogP) is 2.73. The van der Waals surface area contributed by atoms with Crippen molar-refractivity contribution in [2.75, 3.05) is 20.2 Å². The van der Waals surface area contributed by atoms with Crippen molar-refractivity contribution >= 4 is 21.9 Å².